The van der Waals surface area contributed by atoms with E-state index in [0.29, 0.717) is 35.9 Å². The number of amides is 1. The monoisotopic (exact) mass is 487 g/mol. The largest absolute Gasteiger partial charge is 0.477 e. The molecule has 2 N–H and O–H groups in total. The summed E-state index contributed by atoms with van der Waals surface area (Å²) in [5.74, 6) is 3.83. The summed E-state index contributed by atoms with van der Waals surface area (Å²) in [5.41, 5.74) is 0.609. The highest BCUT2D eigenvalue weighted by atomic mass is 35.5. The molecule has 1 amide bonds. The van der Waals surface area contributed by atoms with Gasteiger partial charge in [-0.15, -0.1) is 24.8 Å². The standard InChI is InChI=1S/C23H37N5O2.2ClH/c1-2-9-30-23-20(15-25-28(23)8-7-27-5-3-24-4-6-27)22(29)26-21-18-11-16-10-17(13-18)14-19(21)12-16;;/h15-19,21,24H,2-14H2,1H3,(H,26,29);2*1H. The molecule has 0 aromatic carbocycles. The lowest BCUT2D eigenvalue weighted by molar-refractivity contribution is -0.0120. The molecule has 32 heavy (non-hydrogen) atoms. The maximum absolute atomic E-state index is 13.3. The van der Waals surface area contributed by atoms with Crippen LogP contribution in [0, 0.1) is 23.7 Å². The zero-order chi connectivity index (χ0) is 20.5. The maximum atomic E-state index is 13.3. The van der Waals surface area contributed by atoms with Crippen molar-refractivity contribution in [3.63, 3.8) is 0 Å². The van der Waals surface area contributed by atoms with Crippen molar-refractivity contribution in [2.75, 3.05) is 39.3 Å². The van der Waals surface area contributed by atoms with Gasteiger partial charge in [0.15, 0.2) is 0 Å². The van der Waals surface area contributed by atoms with Crippen molar-refractivity contribution in [2.45, 2.75) is 58.0 Å². The molecule has 182 valence electrons. The Kier molecular flexibility index (Phi) is 9.13. The van der Waals surface area contributed by atoms with Crippen molar-refractivity contribution >= 4 is 30.7 Å². The van der Waals surface area contributed by atoms with Gasteiger partial charge in [0.25, 0.3) is 5.91 Å². The molecule has 1 aromatic heterocycles. The van der Waals surface area contributed by atoms with Crippen LogP contribution in [0.3, 0.4) is 0 Å². The molecule has 5 fully saturated rings. The highest BCUT2D eigenvalue weighted by Crippen LogP contribution is 2.53. The van der Waals surface area contributed by atoms with Gasteiger partial charge in [-0.25, -0.2) is 4.68 Å². The third-order valence-corrected chi connectivity index (χ3v) is 7.84. The van der Waals surface area contributed by atoms with Crippen molar-refractivity contribution < 1.29 is 9.53 Å². The Morgan fingerprint density at radius 1 is 1.09 bits per heavy atom. The van der Waals surface area contributed by atoms with Gasteiger partial charge in [0.1, 0.15) is 5.56 Å². The van der Waals surface area contributed by atoms with E-state index >= 15 is 0 Å². The third kappa shape index (κ3) is 5.37. The van der Waals surface area contributed by atoms with E-state index in [4.69, 9.17) is 4.74 Å². The Balaban J connectivity index is 0.00000144. The Labute approximate surface area is 204 Å². The van der Waals surface area contributed by atoms with E-state index in [1.54, 1.807) is 6.20 Å². The molecule has 0 atom stereocenters. The Morgan fingerprint density at radius 3 is 2.38 bits per heavy atom. The lowest BCUT2D eigenvalue weighted by Gasteiger charge is -2.54. The van der Waals surface area contributed by atoms with Gasteiger partial charge in [0, 0.05) is 38.8 Å². The van der Waals surface area contributed by atoms with Crippen LogP contribution in [0.2, 0.25) is 0 Å². The predicted molar refractivity (Wildman–Crippen MR) is 130 cm³/mol. The molecule has 6 rings (SSSR count). The zero-order valence-corrected chi connectivity index (χ0v) is 20.8. The summed E-state index contributed by atoms with van der Waals surface area (Å²) in [6.45, 7) is 8.59. The first-order valence-electron chi connectivity index (χ1n) is 12.1. The van der Waals surface area contributed by atoms with Gasteiger partial charge in [0.05, 0.1) is 19.3 Å². The van der Waals surface area contributed by atoms with E-state index < -0.39 is 0 Å². The van der Waals surface area contributed by atoms with Crippen LogP contribution in [-0.2, 0) is 6.54 Å². The van der Waals surface area contributed by atoms with E-state index in [0.717, 1.165) is 57.5 Å². The molecule has 9 heteroatoms. The normalized spacial score (nSPS) is 31.0. The van der Waals surface area contributed by atoms with Crippen LogP contribution >= 0.6 is 24.8 Å². The topological polar surface area (TPSA) is 71.4 Å². The van der Waals surface area contributed by atoms with Crippen LogP contribution in [0.4, 0.5) is 0 Å². The average molecular weight is 489 g/mol. The molecule has 1 aliphatic heterocycles. The van der Waals surface area contributed by atoms with E-state index in [9.17, 15) is 4.79 Å². The fraction of sp³-hybridized carbons (Fsp3) is 0.826. The molecule has 0 radical (unpaired) electrons. The minimum absolute atomic E-state index is 0. The van der Waals surface area contributed by atoms with Gasteiger partial charge in [-0.3, -0.25) is 9.69 Å². The van der Waals surface area contributed by atoms with Gasteiger partial charge in [-0.2, -0.15) is 5.10 Å². The highest BCUT2D eigenvalue weighted by Gasteiger charge is 2.48. The van der Waals surface area contributed by atoms with Crippen molar-refractivity contribution in [1.29, 1.82) is 0 Å². The number of ether oxygens (including phenoxy) is 1. The third-order valence-electron chi connectivity index (χ3n) is 7.84. The molecule has 2 heterocycles. The second-order valence-corrected chi connectivity index (χ2v) is 9.96. The first-order valence-corrected chi connectivity index (χ1v) is 12.1. The molecule has 0 spiro atoms. The summed E-state index contributed by atoms with van der Waals surface area (Å²) < 4.78 is 7.93. The first-order chi connectivity index (χ1) is 14.7. The summed E-state index contributed by atoms with van der Waals surface area (Å²) in [7, 11) is 0. The number of piperazine rings is 1. The molecule has 1 aromatic rings. The Hall–Kier alpha value is -1.02. The van der Waals surface area contributed by atoms with Crippen LogP contribution in [0.1, 0.15) is 55.8 Å². The Bertz CT molecular complexity index is 725. The van der Waals surface area contributed by atoms with E-state index in [2.05, 4.69) is 27.6 Å². The van der Waals surface area contributed by atoms with E-state index in [1.807, 2.05) is 4.68 Å². The molecule has 7 nitrogen and oxygen atoms in total. The molecule has 4 bridgehead atoms. The molecule has 5 aliphatic rings. The fourth-order valence-electron chi connectivity index (χ4n) is 6.60. The second-order valence-electron chi connectivity index (χ2n) is 9.96. The number of hydrogen-bond acceptors (Lipinski definition) is 5. The van der Waals surface area contributed by atoms with Gasteiger partial charge in [0.2, 0.25) is 5.88 Å². The summed E-state index contributed by atoms with van der Waals surface area (Å²) in [4.78, 5) is 15.7. The van der Waals surface area contributed by atoms with Crippen LogP contribution in [0.5, 0.6) is 5.88 Å². The fourth-order valence-corrected chi connectivity index (χ4v) is 6.60. The molecular weight excluding hydrogens is 449 g/mol. The van der Waals surface area contributed by atoms with Crippen LogP contribution in [0.15, 0.2) is 6.20 Å². The summed E-state index contributed by atoms with van der Waals surface area (Å²) in [5, 5.41) is 11.4. The quantitative estimate of drug-likeness (QED) is 0.589. The van der Waals surface area contributed by atoms with Gasteiger partial charge < -0.3 is 15.4 Å². The highest BCUT2D eigenvalue weighted by molar-refractivity contribution is 5.96. The molecule has 4 saturated carbocycles. The second kappa shape index (κ2) is 11.4. The number of rotatable bonds is 8. The summed E-state index contributed by atoms with van der Waals surface area (Å²) in [6.07, 6.45) is 9.29. The van der Waals surface area contributed by atoms with Gasteiger partial charge in [-0.1, -0.05) is 6.92 Å². The van der Waals surface area contributed by atoms with Crippen molar-refractivity contribution in [3.8, 4) is 5.88 Å². The number of halogens is 2. The van der Waals surface area contributed by atoms with E-state index in [-0.39, 0.29) is 30.7 Å². The van der Waals surface area contributed by atoms with Crippen molar-refractivity contribution in [2.24, 2.45) is 23.7 Å². The average Bonchev–Trinajstić information content (AvgIpc) is 3.16. The molecule has 4 aliphatic carbocycles. The van der Waals surface area contributed by atoms with E-state index in [1.165, 1.54) is 32.1 Å². The van der Waals surface area contributed by atoms with Crippen LogP contribution < -0.4 is 15.4 Å². The number of nitrogens with zero attached hydrogens (tertiary/aromatic N) is 3. The first kappa shape index (κ1) is 25.6. The molecular formula is C23H39Cl2N5O2. The number of carbonyl (C=O) groups is 1. The van der Waals surface area contributed by atoms with Crippen LogP contribution in [-0.4, -0.2) is 66.0 Å². The lowest BCUT2D eigenvalue weighted by atomic mass is 9.54. The number of hydrogen-bond donors (Lipinski definition) is 2. The van der Waals surface area contributed by atoms with Crippen LogP contribution in [0.25, 0.3) is 0 Å². The SMILES string of the molecule is CCCOc1c(C(=O)NC2C3CC4CC(C3)CC2C4)cnn1CCN1CCNCC1.Cl.Cl. The number of carbonyl (C=O) groups excluding carboxylic acids is 1. The molecule has 1 saturated heterocycles. The number of aromatic nitrogens is 2. The minimum Gasteiger partial charge on any atom is -0.477 e. The zero-order valence-electron chi connectivity index (χ0n) is 19.1. The smallest absolute Gasteiger partial charge is 0.258 e. The predicted octanol–water partition coefficient (Wildman–Crippen LogP) is 2.98. The summed E-state index contributed by atoms with van der Waals surface area (Å²) in [6, 6.07) is 0.341. The van der Waals surface area contributed by atoms with Crippen molar-refractivity contribution in [1.82, 2.24) is 25.3 Å². The summed E-state index contributed by atoms with van der Waals surface area (Å²) >= 11 is 0. The van der Waals surface area contributed by atoms with Gasteiger partial charge >= 0.3 is 0 Å². The number of nitrogens with one attached hydrogen (secondary N) is 2. The van der Waals surface area contributed by atoms with Gasteiger partial charge in [-0.05, 0) is 62.2 Å². The van der Waals surface area contributed by atoms with Crippen molar-refractivity contribution in [3.05, 3.63) is 11.8 Å². The maximum Gasteiger partial charge on any atom is 0.258 e. The Morgan fingerprint density at radius 2 is 1.75 bits per heavy atom. The lowest BCUT2D eigenvalue weighted by Crippen LogP contribution is -2.55. The minimum atomic E-state index is 0. The molecule has 0 unspecified atom stereocenters.